The maximum absolute atomic E-state index is 9.23. The fourth-order valence-electron chi connectivity index (χ4n) is 6.82. The van der Waals surface area contributed by atoms with Gasteiger partial charge in [-0.1, -0.05) is 103 Å². The third kappa shape index (κ3) is 3.64. The van der Waals surface area contributed by atoms with Crippen LogP contribution in [-0.4, -0.2) is 16.0 Å². The zero-order chi connectivity index (χ0) is 29.2. The van der Waals surface area contributed by atoms with Crippen LogP contribution in [0.2, 0.25) is 0 Å². The topological polar surface area (TPSA) is 53.2 Å². The van der Waals surface area contributed by atoms with E-state index >= 15 is 0 Å². The molecule has 206 valence electrons. The standard InChI is InChI=1S/C40H26N4/c41-40-34(43-42-29-10-2-1-3-11-29)21-17-28-15-14-27-16-20-30(24-33(27)37(28)40)44-35-22-18-25-8-4-6-12-31(25)38(35)39-32-13-7-5-9-26(32)19-23-36(39)44/h1-24,41-42H/b41-40?,43-34-. The average Bonchev–Trinajstić information content (AvgIpc) is 3.43. The van der Waals surface area contributed by atoms with Gasteiger partial charge >= 0.3 is 0 Å². The van der Waals surface area contributed by atoms with Gasteiger partial charge in [-0.25, -0.2) is 0 Å². The van der Waals surface area contributed by atoms with Crippen molar-refractivity contribution in [1.29, 1.82) is 5.41 Å². The molecule has 0 fully saturated rings. The monoisotopic (exact) mass is 562 g/mol. The first-order chi connectivity index (χ1) is 21.7. The molecule has 0 saturated heterocycles. The molecule has 1 aliphatic rings. The van der Waals surface area contributed by atoms with Crippen LogP contribution in [0.25, 0.3) is 65.9 Å². The first-order valence-corrected chi connectivity index (χ1v) is 14.8. The Morgan fingerprint density at radius 1 is 0.545 bits per heavy atom. The van der Waals surface area contributed by atoms with E-state index in [0.717, 1.165) is 33.3 Å². The van der Waals surface area contributed by atoms with Gasteiger partial charge in [0.15, 0.2) is 0 Å². The third-order valence-corrected chi connectivity index (χ3v) is 8.85. The second kappa shape index (κ2) is 9.51. The fourth-order valence-corrected chi connectivity index (χ4v) is 6.82. The zero-order valence-electron chi connectivity index (χ0n) is 23.8. The second-order valence-corrected chi connectivity index (χ2v) is 11.3. The highest BCUT2D eigenvalue weighted by atomic mass is 15.3. The minimum Gasteiger partial charge on any atom is -0.309 e. The summed E-state index contributed by atoms with van der Waals surface area (Å²) in [7, 11) is 0. The van der Waals surface area contributed by atoms with Crippen LogP contribution < -0.4 is 5.43 Å². The van der Waals surface area contributed by atoms with Crippen molar-refractivity contribution in [2.45, 2.75) is 0 Å². The van der Waals surface area contributed by atoms with Gasteiger partial charge in [0.1, 0.15) is 5.71 Å². The van der Waals surface area contributed by atoms with Gasteiger partial charge in [0.05, 0.1) is 22.4 Å². The molecule has 0 spiro atoms. The molecule has 1 aromatic heterocycles. The molecule has 1 heterocycles. The van der Waals surface area contributed by atoms with Crippen molar-refractivity contribution >= 4 is 77.3 Å². The number of hydrazone groups is 1. The van der Waals surface area contributed by atoms with Gasteiger partial charge in [-0.2, -0.15) is 5.10 Å². The van der Waals surface area contributed by atoms with E-state index in [1.54, 1.807) is 0 Å². The summed E-state index contributed by atoms with van der Waals surface area (Å²) in [6, 6.07) is 47.0. The average molecular weight is 563 g/mol. The number of aromatic nitrogens is 1. The summed E-state index contributed by atoms with van der Waals surface area (Å²) in [5, 5.41) is 23.5. The van der Waals surface area contributed by atoms with Crippen molar-refractivity contribution in [2.24, 2.45) is 5.10 Å². The smallest absolute Gasteiger partial charge is 0.109 e. The summed E-state index contributed by atoms with van der Waals surface area (Å²) in [6.45, 7) is 0. The quantitative estimate of drug-likeness (QED) is 0.207. The number of anilines is 1. The molecule has 9 rings (SSSR count). The molecule has 4 nitrogen and oxygen atoms in total. The predicted molar refractivity (Wildman–Crippen MR) is 187 cm³/mol. The van der Waals surface area contributed by atoms with Crippen molar-refractivity contribution < 1.29 is 0 Å². The fraction of sp³-hybridized carbons (Fsp3) is 0. The number of hydrogen-bond donors (Lipinski definition) is 2. The Kier molecular flexibility index (Phi) is 5.32. The molecule has 0 bridgehead atoms. The molecular weight excluding hydrogens is 536 g/mol. The Hall–Kier alpha value is -6.00. The predicted octanol–water partition coefficient (Wildman–Crippen LogP) is 10.1. The van der Waals surface area contributed by atoms with E-state index < -0.39 is 0 Å². The van der Waals surface area contributed by atoms with Gasteiger partial charge in [-0.3, -0.25) is 10.8 Å². The summed E-state index contributed by atoms with van der Waals surface area (Å²) in [4.78, 5) is 0. The largest absolute Gasteiger partial charge is 0.309 e. The van der Waals surface area contributed by atoms with E-state index in [-0.39, 0.29) is 0 Å². The number of benzene rings is 7. The van der Waals surface area contributed by atoms with Gasteiger partial charge < -0.3 is 4.57 Å². The van der Waals surface area contributed by atoms with Crippen LogP contribution in [0.4, 0.5) is 5.69 Å². The summed E-state index contributed by atoms with van der Waals surface area (Å²) in [5.74, 6) is 0. The highest BCUT2D eigenvalue weighted by molar-refractivity contribution is 6.55. The molecule has 0 unspecified atom stereocenters. The Balaban J connectivity index is 1.29. The Morgan fingerprint density at radius 2 is 1.14 bits per heavy atom. The molecule has 1 aliphatic carbocycles. The first kappa shape index (κ1) is 24.6. The lowest BCUT2D eigenvalue weighted by Crippen LogP contribution is -2.18. The van der Waals surface area contributed by atoms with Crippen molar-refractivity contribution in [3.05, 3.63) is 151 Å². The zero-order valence-corrected chi connectivity index (χ0v) is 23.8. The van der Waals surface area contributed by atoms with E-state index in [1.807, 2.05) is 36.4 Å². The molecule has 4 heteroatoms. The van der Waals surface area contributed by atoms with Gasteiger partial charge in [0.25, 0.3) is 0 Å². The molecular formula is C40H26N4. The number of rotatable bonds is 3. The Labute approximate surface area is 253 Å². The molecule has 44 heavy (non-hydrogen) atoms. The molecule has 0 saturated carbocycles. The first-order valence-electron chi connectivity index (χ1n) is 14.8. The number of para-hydroxylation sites is 1. The van der Waals surface area contributed by atoms with Crippen LogP contribution in [-0.2, 0) is 0 Å². The second-order valence-electron chi connectivity index (χ2n) is 11.3. The summed E-state index contributed by atoms with van der Waals surface area (Å²) >= 11 is 0. The lowest BCUT2D eigenvalue weighted by molar-refractivity contribution is 1.19. The summed E-state index contributed by atoms with van der Waals surface area (Å²) < 4.78 is 2.39. The van der Waals surface area contributed by atoms with Crippen molar-refractivity contribution in [2.75, 3.05) is 5.43 Å². The lowest BCUT2D eigenvalue weighted by Gasteiger charge is -2.18. The van der Waals surface area contributed by atoms with Crippen LogP contribution in [0, 0.1) is 5.41 Å². The van der Waals surface area contributed by atoms with Gasteiger partial charge in [0.2, 0.25) is 0 Å². The van der Waals surface area contributed by atoms with Gasteiger partial charge in [0, 0.05) is 22.0 Å². The van der Waals surface area contributed by atoms with E-state index in [0.29, 0.717) is 11.4 Å². The van der Waals surface area contributed by atoms with E-state index in [9.17, 15) is 5.41 Å². The maximum atomic E-state index is 9.23. The highest BCUT2D eigenvalue weighted by Gasteiger charge is 2.21. The molecule has 0 aliphatic heterocycles. The molecule has 7 aromatic carbocycles. The van der Waals surface area contributed by atoms with E-state index in [4.69, 9.17) is 0 Å². The van der Waals surface area contributed by atoms with Crippen molar-refractivity contribution in [3.8, 4) is 5.69 Å². The lowest BCUT2D eigenvalue weighted by atomic mass is 9.89. The van der Waals surface area contributed by atoms with Crippen LogP contribution in [0.1, 0.15) is 11.1 Å². The van der Waals surface area contributed by atoms with E-state index in [2.05, 4.69) is 124 Å². The molecule has 2 N–H and O–H groups in total. The Bertz CT molecular complexity index is 2440. The Morgan fingerprint density at radius 3 is 1.84 bits per heavy atom. The van der Waals surface area contributed by atoms with E-state index in [1.165, 1.54) is 43.4 Å². The van der Waals surface area contributed by atoms with Gasteiger partial charge in [-0.05, 0) is 80.4 Å². The maximum Gasteiger partial charge on any atom is 0.109 e. The molecule has 0 amide bonds. The number of hydrogen-bond acceptors (Lipinski definition) is 3. The third-order valence-electron chi connectivity index (χ3n) is 8.85. The minimum absolute atomic E-state index is 0.410. The molecule has 0 radical (unpaired) electrons. The number of nitrogens with one attached hydrogen (secondary N) is 2. The van der Waals surface area contributed by atoms with Crippen molar-refractivity contribution in [3.63, 3.8) is 0 Å². The van der Waals surface area contributed by atoms with Crippen LogP contribution >= 0.6 is 0 Å². The number of nitrogens with zero attached hydrogens (tertiary/aromatic N) is 2. The number of fused-ring (bicyclic) bond motifs is 10. The SMILES string of the molecule is N=C1/C(=N\Nc2ccccc2)C=Cc2ccc3ccc(-n4c5ccc6ccccc6c5c5c6ccccc6ccc54)cc3c21. The van der Waals surface area contributed by atoms with Crippen LogP contribution in [0.15, 0.2) is 145 Å². The van der Waals surface area contributed by atoms with Crippen molar-refractivity contribution in [1.82, 2.24) is 4.57 Å². The summed E-state index contributed by atoms with van der Waals surface area (Å²) in [5.41, 5.74) is 10.4. The van der Waals surface area contributed by atoms with Gasteiger partial charge in [-0.15, -0.1) is 0 Å². The number of allylic oxidation sites excluding steroid dienone is 1. The summed E-state index contributed by atoms with van der Waals surface area (Å²) in [6.07, 6.45) is 3.98. The molecule has 8 aromatic rings. The minimum atomic E-state index is 0.410. The highest BCUT2D eigenvalue weighted by Crippen LogP contribution is 2.41. The van der Waals surface area contributed by atoms with Crippen LogP contribution in [0.3, 0.4) is 0 Å². The van der Waals surface area contributed by atoms with Crippen LogP contribution in [0.5, 0.6) is 0 Å². The molecule has 0 atom stereocenters. The normalized spacial score (nSPS) is 13.9.